The molecule has 0 aromatic heterocycles. The Balaban J connectivity index is 1.58. The molecule has 0 aliphatic carbocycles. The molecule has 34 heavy (non-hydrogen) atoms. The standard InChI is InChI=1S/C18H32O16/c19-1-5-8(21)11(24)13(26)16(32-5)30-2-6-9(22)12(25)14(27)17(33-6)31-3-7-10(23)15(28)18(29,4-20)34-7/h5-17,19-29H,1-4H2/t5?,6?,7-,8+,9+,10+,11+,12+,13?,14?,15?,16-,17-,18?/m1/s1. The molecule has 11 N–H and O–H groups in total. The highest BCUT2D eigenvalue weighted by molar-refractivity contribution is 4.96. The van der Waals surface area contributed by atoms with Crippen LogP contribution in [0, 0.1) is 0 Å². The molecule has 6 unspecified atom stereocenters. The maximum atomic E-state index is 10.2. The van der Waals surface area contributed by atoms with Crippen LogP contribution in [0.3, 0.4) is 0 Å². The van der Waals surface area contributed by atoms with Crippen LogP contribution in [0.25, 0.3) is 0 Å². The Bertz CT molecular complexity index is 653. The van der Waals surface area contributed by atoms with Crippen molar-refractivity contribution in [2.75, 3.05) is 26.4 Å². The number of aliphatic hydroxyl groups excluding tert-OH is 10. The first kappa shape index (κ1) is 27.9. The molecular weight excluding hydrogens is 472 g/mol. The van der Waals surface area contributed by atoms with Gasteiger partial charge in [0, 0.05) is 0 Å². The largest absolute Gasteiger partial charge is 0.394 e. The van der Waals surface area contributed by atoms with Crippen molar-refractivity contribution in [3.63, 3.8) is 0 Å². The summed E-state index contributed by atoms with van der Waals surface area (Å²) in [5, 5.41) is 108. The van der Waals surface area contributed by atoms with E-state index >= 15 is 0 Å². The summed E-state index contributed by atoms with van der Waals surface area (Å²) in [5.41, 5.74) is 0. The van der Waals surface area contributed by atoms with Crippen molar-refractivity contribution < 1.29 is 79.9 Å². The van der Waals surface area contributed by atoms with Gasteiger partial charge in [-0.2, -0.15) is 0 Å². The molecule has 0 amide bonds. The van der Waals surface area contributed by atoms with Crippen molar-refractivity contribution in [2.24, 2.45) is 0 Å². The SMILES string of the molecule is OCC1O[C@@H](OCC2O[C@@H](OC[C@H]3OC(O)(CO)C(O)[C@H]3O)C(O)[C@@H](O)[C@H]2O)C(O)[C@@H](O)[C@H]1O. The summed E-state index contributed by atoms with van der Waals surface area (Å²) in [4.78, 5) is 0. The van der Waals surface area contributed by atoms with Crippen LogP contribution in [0.15, 0.2) is 0 Å². The van der Waals surface area contributed by atoms with Gasteiger partial charge in [-0.05, 0) is 0 Å². The molecular formula is C18H32O16. The Morgan fingerprint density at radius 1 is 0.588 bits per heavy atom. The highest BCUT2D eigenvalue weighted by Gasteiger charge is 2.54. The lowest BCUT2D eigenvalue weighted by molar-refractivity contribution is -0.334. The van der Waals surface area contributed by atoms with E-state index in [2.05, 4.69) is 0 Å². The molecule has 3 fully saturated rings. The Kier molecular flexibility index (Phi) is 9.18. The molecule has 14 atom stereocenters. The van der Waals surface area contributed by atoms with Gasteiger partial charge >= 0.3 is 0 Å². The van der Waals surface area contributed by atoms with Gasteiger partial charge in [0.1, 0.15) is 67.1 Å². The molecule has 0 spiro atoms. The Hall–Kier alpha value is -0.640. The maximum Gasteiger partial charge on any atom is 0.219 e. The zero-order valence-electron chi connectivity index (χ0n) is 17.8. The molecule has 3 aliphatic heterocycles. The second-order valence-electron chi connectivity index (χ2n) is 8.47. The molecule has 3 saturated heterocycles. The third-order valence-corrected chi connectivity index (χ3v) is 6.12. The average molecular weight is 504 g/mol. The molecule has 0 radical (unpaired) electrons. The molecule has 0 aromatic rings. The second kappa shape index (κ2) is 11.2. The van der Waals surface area contributed by atoms with Gasteiger partial charge in [0.15, 0.2) is 12.6 Å². The van der Waals surface area contributed by atoms with Crippen molar-refractivity contribution in [3.05, 3.63) is 0 Å². The van der Waals surface area contributed by atoms with Crippen LogP contribution in [0.4, 0.5) is 0 Å². The van der Waals surface area contributed by atoms with Crippen LogP contribution in [0.1, 0.15) is 0 Å². The van der Waals surface area contributed by atoms with Crippen LogP contribution in [-0.2, 0) is 23.7 Å². The van der Waals surface area contributed by atoms with E-state index in [0.717, 1.165) is 0 Å². The molecule has 200 valence electrons. The van der Waals surface area contributed by atoms with Gasteiger partial charge in [-0.25, -0.2) is 0 Å². The first-order chi connectivity index (χ1) is 15.9. The lowest BCUT2D eigenvalue weighted by Crippen LogP contribution is -2.62. The maximum absolute atomic E-state index is 10.2. The summed E-state index contributed by atoms with van der Waals surface area (Å²) < 4.78 is 26.1. The minimum atomic E-state index is -2.43. The summed E-state index contributed by atoms with van der Waals surface area (Å²) in [6.07, 6.45) is -21.0. The predicted octanol–water partition coefficient (Wildman–Crippen LogP) is -7.57. The molecule has 16 heteroatoms. The van der Waals surface area contributed by atoms with Gasteiger partial charge in [-0.3, -0.25) is 0 Å². The molecule has 0 aromatic carbocycles. The van der Waals surface area contributed by atoms with Gasteiger partial charge < -0.3 is 79.9 Å². The summed E-state index contributed by atoms with van der Waals surface area (Å²) in [6.45, 7) is -2.86. The monoisotopic (exact) mass is 504 g/mol. The van der Waals surface area contributed by atoms with Gasteiger partial charge in [0.05, 0.1) is 26.4 Å². The first-order valence-electron chi connectivity index (χ1n) is 10.6. The number of hydrogen-bond donors (Lipinski definition) is 11. The van der Waals surface area contributed by atoms with E-state index in [1.165, 1.54) is 0 Å². The van der Waals surface area contributed by atoms with Crippen LogP contribution in [0.2, 0.25) is 0 Å². The van der Waals surface area contributed by atoms with Crippen molar-refractivity contribution in [3.8, 4) is 0 Å². The minimum Gasteiger partial charge on any atom is -0.394 e. The highest BCUT2D eigenvalue weighted by atomic mass is 16.7. The number of aliphatic hydroxyl groups is 11. The minimum absolute atomic E-state index is 0.570. The molecule has 3 aliphatic rings. The Labute approximate surface area is 192 Å². The third kappa shape index (κ3) is 5.37. The van der Waals surface area contributed by atoms with Crippen molar-refractivity contribution in [1.29, 1.82) is 0 Å². The van der Waals surface area contributed by atoms with Crippen LogP contribution >= 0.6 is 0 Å². The number of ether oxygens (including phenoxy) is 5. The van der Waals surface area contributed by atoms with E-state index < -0.39 is 112 Å². The zero-order chi connectivity index (χ0) is 25.4. The second-order valence-corrected chi connectivity index (χ2v) is 8.47. The van der Waals surface area contributed by atoms with Gasteiger partial charge in [-0.1, -0.05) is 0 Å². The van der Waals surface area contributed by atoms with E-state index in [4.69, 9.17) is 28.8 Å². The lowest BCUT2D eigenvalue weighted by atomic mass is 9.98. The van der Waals surface area contributed by atoms with Crippen LogP contribution in [0.5, 0.6) is 0 Å². The van der Waals surface area contributed by atoms with Crippen molar-refractivity contribution >= 4 is 0 Å². The van der Waals surface area contributed by atoms with Crippen LogP contribution in [-0.4, -0.2) is 168 Å². The highest BCUT2D eigenvalue weighted by Crippen LogP contribution is 2.31. The van der Waals surface area contributed by atoms with Gasteiger partial charge in [0.25, 0.3) is 0 Å². The summed E-state index contributed by atoms with van der Waals surface area (Å²) >= 11 is 0. The predicted molar refractivity (Wildman–Crippen MR) is 101 cm³/mol. The lowest BCUT2D eigenvalue weighted by Gasteiger charge is -2.42. The molecule has 0 bridgehead atoms. The van der Waals surface area contributed by atoms with E-state index in [0.29, 0.717) is 0 Å². The fourth-order valence-electron chi connectivity index (χ4n) is 3.91. The summed E-state index contributed by atoms with van der Waals surface area (Å²) in [6, 6.07) is 0. The molecule has 0 saturated carbocycles. The van der Waals surface area contributed by atoms with E-state index in [9.17, 15) is 51.1 Å². The third-order valence-electron chi connectivity index (χ3n) is 6.12. The van der Waals surface area contributed by atoms with Crippen molar-refractivity contribution in [2.45, 2.75) is 85.5 Å². The number of rotatable bonds is 8. The Morgan fingerprint density at radius 3 is 1.53 bits per heavy atom. The molecule has 3 heterocycles. The first-order valence-corrected chi connectivity index (χ1v) is 10.6. The summed E-state index contributed by atoms with van der Waals surface area (Å²) in [5.74, 6) is -2.43. The van der Waals surface area contributed by atoms with E-state index in [1.54, 1.807) is 0 Å². The van der Waals surface area contributed by atoms with Gasteiger partial charge in [-0.15, -0.1) is 0 Å². The topological polar surface area (TPSA) is 269 Å². The smallest absolute Gasteiger partial charge is 0.219 e. The van der Waals surface area contributed by atoms with E-state index in [-0.39, 0.29) is 0 Å². The normalized spacial score (nSPS) is 52.1. The fourth-order valence-corrected chi connectivity index (χ4v) is 3.91. The number of hydrogen-bond acceptors (Lipinski definition) is 16. The zero-order valence-corrected chi connectivity index (χ0v) is 17.8. The molecule has 3 rings (SSSR count). The fraction of sp³-hybridized carbons (Fsp3) is 1.00. The van der Waals surface area contributed by atoms with Crippen LogP contribution < -0.4 is 0 Å². The molecule has 16 nitrogen and oxygen atoms in total. The van der Waals surface area contributed by atoms with Gasteiger partial charge in [0.2, 0.25) is 5.79 Å². The average Bonchev–Trinajstić information content (AvgIpc) is 3.05. The van der Waals surface area contributed by atoms with E-state index in [1.807, 2.05) is 0 Å². The quantitative estimate of drug-likeness (QED) is 0.146. The summed E-state index contributed by atoms with van der Waals surface area (Å²) in [7, 11) is 0. The Morgan fingerprint density at radius 2 is 1.06 bits per heavy atom. The van der Waals surface area contributed by atoms with Crippen molar-refractivity contribution in [1.82, 2.24) is 0 Å².